The van der Waals surface area contributed by atoms with E-state index in [-0.39, 0.29) is 11.3 Å². The number of rotatable bonds is 3. The number of pyridine rings is 1. The predicted molar refractivity (Wildman–Crippen MR) is 104 cm³/mol. The van der Waals surface area contributed by atoms with Crippen LogP contribution in [0.1, 0.15) is 31.1 Å². The molecule has 3 rings (SSSR count). The fourth-order valence-corrected chi connectivity index (χ4v) is 2.74. The van der Waals surface area contributed by atoms with Gasteiger partial charge in [-0.1, -0.05) is 24.3 Å². The lowest BCUT2D eigenvalue weighted by Crippen LogP contribution is -2.27. The first kappa shape index (κ1) is 19.3. The molecule has 2 N–H and O–H groups in total. The Hall–Kier alpha value is -3.48. The molecule has 6 nitrogen and oxygen atoms in total. The van der Waals surface area contributed by atoms with Gasteiger partial charge in [-0.05, 0) is 49.7 Å². The molecule has 0 spiro atoms. The molecule has 144 valence electrons. The third-order valence-corrected chi connectivity index (χ3v) is 3.89. The van der Waals surface area contributed by atoms with Crippen LogP contribution in [0.3, 0.4) is 0 Å². The zero-order chi connectivity index (χ0) is 20.5. The van der Waals surface area contributed by atoms with Gasteiger partial charge in [0.25, 0.3) is 0 Å². The smallest absolute Gasteiger partial charge is 0.412 e. The van der Waals surface area contributed by atoms with Crippen molar-refractivity contribution in [3.05, 3.63) is 60.0 Å². The highest BCUT2D eigenvalue weighted by Gasteiger charge is 2.18. The summed E-state index contributed by atoms with van der Waals surface area (Å²) in [4.78, 5) is 27.3. The van der Waals surface area contributed by atoms with Gasteiger partial charge >= 0.3 is 12.1 Å². The average molecular weight is 382 g/mol. The van der Waals surface area contributed by atoms with Crippen LogP contribution in [0.2, 0.25) is 0 Å². The number of hydrogen-bond donors (Lipinski definition) is 2. The fraction of sp³-hybridized carbons (Fsp3) is 0.190. The Bertz CT molecular complexity index is 1070. The monoisotopic (exact) mass is 382 g/mol. The summed E-state index contributed by atoms with van der Waals surface area (Å²) < 4.78 is 19.3. The van der Waals surface area contributed by atoms with Gasteiger partial charge in [0.2, 0.25) is 0 Å². The second kappa shape index (κ2) is 7.26. The van der Waals surface area contributed by atoms with Crippen LogP contribution in [0.25, 0.3) is 22.0 Å². The van der Waals surface area contributed by atoms with E-state index in [0.717, 1.165) is 11.6 Å². The summed E-state index contributed by atoms with van der Waals surface area (Å²) in [5, 5.41) is 13.0. The van der Waals surface area contributed by atoms with Crippen LogP contribution in [-0.2, 0) is 4.74 Å². The molecular weight excluding hydrogens is 363 g/mol. The molecule has 0 aliphatic carbocycles. The summed E-state index contributed by atoms with van der Waals surface area (Å²) in [7, 11) is 0. The molecule has 0 radical (unpaired) electrons. The minimum atomic E-state index is -1.02. The van der Waals surface area contributed by atoms with Gasteiger partial charge in [0.1, 0.15) is 5.60 Å². The average Bonchev–Trinajstić information content (AvgIpc) is 2.61. The number of halogens is 1. The number of nitrogens with one attached hydrogen (secondary N) is 1. The lowest BCUT2D eigenvalue weighted by atomic mass is 9.99. The quantitative estimate of drug-likeness (QED) is 0.659. The molecule has 0 atom stereocenters. The van der Waals surface area contributed by atoms with Crippen LogP contribution in [0.15, 0.2) is 48.7 Å². The summed E-state index contributed by atoms with van der Waals surface area (Å²) in [6.07, 6.45) is 0.250. The molecule has 3 aromatic rings. The van der Waals surface area contributed by atoms with Crippen molar-refractivity contribution in [2.24, 2.45) is 0 Å². The van der Waals surface area contributed by atoms with Gasteiger partial charge in [0.05, 0.1) is 23.1 Å². The normalized spacial score (nSPS) is 11.3. The van der Waals surface area contributed by atoms with Gasteiger partial charge in [-0.3, -0.25) is 10.3 Å². The molecule has 1 heterocycles. The molecule has 1 aromatic heterocycles. The Morgan fingerprint density at radius 2 is 1.89 bits per heavy atom. The molecule has 0 aliphatic rings. The Kier molecular flexibility index (Phi) is 5.00. The van der Waals surface area contributed by atoms with E-state index in [1.807, 2.05) is 0 Å². The van der Waals surface area contributed by atoms with Crippen molar-refractivity contribution in [2.45, 2.75) is 26.4 Å². The fourth-order valence-electron chi connectivity index (χ4n) is 2.74. The number of carboxylic acids is 1. The molecule has 0 unspecified atom stereocenters. The zero-order valence-electron chi connectivity index (χ0n) is 15.6. The van der Waals surface area contributed by atoms with Crippen molar-refractivity contribution < 1.29 is 23.8 Å². The van der Waals surface area contributed by atoms with Crippen LogP contribution in [-0.4, -0.2) is 27.8 Å². The lowest BCUT2D eigenvalue weighted by molar-refractivity contribution is 0.0633. The third kappa shape index (κ3) is 4.25. The number of carbonyl (C=O) groups excluding carboxylic acids is 1. The number of carboxylic acid groups (broad SMARTS) is 1. The van der Waals surface area contributed by atoms with Crippen LogP contribution in [0.4, 0.5) is 14.9 Å². The SMILES string of the molecule is CC(C)(C)OC(=O)Nc1cc(-c2cccc3cc(C(=O)O)ccc23)ncc1F. The first-order chi connectivity index (χ1) is 13.1. The Balaban J connectivity index is 2.00. The first-order valence-corrected chi connectivity index (χ1v) is 8.56. The van der Waals surface area contributed by atoms with E-state index in [9.17, 15) is 14.0 Å². The molecular formula is C21H19FN2O4. The third-order valence-electron chi connectivity index (χ3n) is 3.89. The summed E-state index contributed by atoms with van der Waals surface area (Å²) in [5.41, 5.74) is 0.513. The summed E-state index contributed by atoms with van der Waals surface area (Å²) in [5.74, 6) is -1.71. The minimum absolute atomic E-state index is 0.0570. The largest absolute Gasteiger partial charge is 0.478 e. The molecule has 0 saturated heterocycles. The van der Waals surface area contributed by atoms with Gasteiger partial charge < -0.3 is 9.84 Å². The number of aromatic nitrogens is 1. The molecule has 1 amide bonds. The molecule has 0 bridgehead atoms. The Labute approximate surface area is 161 Å². The van der Waals surface area contributed by atoms with Crippen LogP contribution < -0.4 is 5.32 Å². The summed E-state index contributed by atoms with van der Waals surface area (Å²) in [6.45, 7) is 5.13. The van der Waals surface area contributed by atoms with Crippen LogP contribution >= 0.6 is 0 Å². The molecule has 0 saturated carbocycles. The number of hydrogen-bond acceptors (Lipinski definition) is 4. The maximum absolute atomic E-state index is 14.1. The highest BCUT2D eigenvalue weighted by atomic mass is 19.1. The first-order valence-electron chi connectivity index (χ1n) is 8.56. The second-order valence-corrected chi connectivity index (χ2v) is 7.22. The van der Waals surface area contributed by atoms with Gasteiger partial charge in [0, 0.05) is 5.56 Å². The van der Waals surface area contributed by atoms with Crippen molar-refractivity contribution in [3.8, 4) is 11.3 Å². The maximum Gasteiger partial charge on any atom is 0.412 e. The van der Waals surface area contributed by atoms with Gasteiger partial charge in [-0.2, -0.15) is 0 Å². The maximum atomic E-state index is 14.1. The van der Waals surface area contributed by atoms with E-state index in [1.54, 1.807) is 51.1 Å². The van der Waals surface area contributed by atoms with Gasteiger partial charge in [0.15, 0.2) is 5.82 Å². The van der Waals surface area contributed by atoms with Gasteiger partial charge in [-0.25, -0.2) is 14.0 Å². The summed E-state index contributed by atoms with van der Waals surface area (Å²) >= 11 is 0. The summed E-state index contributed by atoms with van der Waals surface area (Å²) in [6, 6.07) is 11.5. The molecule has 28 heavy (non-hydrogen) atoms. The van der Waals surface area contributed by atoms with Gasteiger partial charge in [-0.15, -0.1) is 0 Å². The van der Waals surface area contributed by atoms with Crippen molar-refractivity contribution in [1.82, 2.24) is 4.98 Å². The number of fused-ring (bicyclic) bond motifs is 1. The number of ether oxygens (including phenoxy) is 1. The van der Waals surface area contributed by atoms with E-state index in [0.29, 0.717) is 16.6 Å². The Morgan fingerprint density at radius 3 is 2.57 bits per heavy atom. The lowest BCUT2D eigenvalue weighted by Gasteiger charge is -2.20. The highest BCUT2D eigenvalue weighted by molar-refractivity contribution is 6.00. The van der Waals surface area contributed by atoms with Crippen molar-refractivity contribution in [1.29, 1.82) is 0 Å². The van der Waals surface area contributed by atoms with E-state index in [1.165, 1.54) is 12.1 Å². The predicted octanol–water partition coefficient (Wildman–Crippen LogP) is 5.09. The van der Waals surface area contributed by atoms with E-state index in [4.69, 9.17) is 9.84 Å². The van der Waals surface area contributed by atoms with E-state index >= 15 is 0 Å². The highest BCUT2D eigenvalue weighted by Crippen LogP contribution is 2.30. The number of anilines is 1. The molecule has 7 heteroatoms. The molecule has 0 fully saturated rings. The zero-order valence-corrected chi connectivity index (χ0v) is 15.6. The van der Waals surface area contributed by atoms with Crippen LogP contribution in [0, 0.1) is 5.82 Å². The minimum Gasteiger partial charge on any atom is -0.478 e. The van der Waals surface area contributed by atoms with E-state index in [2.05, 4.69) is 10.3 Å². The Morgan fingerprint density at radius 1 is 1.14 bits per heavy atom. The van der Waals surface area contributed by atoms with Crippen molar-refractivity contribution in [2.75, 3.05) is 5.32 Å². The number of carbonyl (C=O) groups is 2. The van der Waals surface area contributed by atoms with Crippen molar-refractivity contribution in [3.63, 3.8) is 0 Å². The second-order valence-electron chi connectivity index (χ2n) is 7.22. The topological polar surface area (TPSA) is 88.5 Å². The standard InChI is InChI=1S/C21H19FN2O4/c1-21(2,3)28-20(27)24-18-10-17(23-11-16(18)22)15-6-4-5-12-9-13(19(25)26)7-8-14(12)15/h4-11H,1-3H3,(H,25,26)(H,23,24,27). The van der Waals surface area contributed by atoms with E-state index < -0.39 is 23.5 Å². The molecule has 2 aromatic carbocycles. The number of amides is 1. The van der Waals surface area contributed by atoms with Crippen molar-refractivity contribution >= 4 is 28.5 Å². The number of aromatic carboxylic acids is 1. The number of nitrogens with zero attached hydrogens (tertiary/aromatic N) is 1. The van der Waals surface area contributed by atoms with Crippen LogP contribution in [0.5, 0.6) is 0 Å². The number of benzene rings is 2. The molecule has 0 aliphatic heterocycles.